The Labute approximate surface area is 164 Å². The van der Waals surface area contributed by atoms with E-state index >= 15 is 0 Å². The van der Waals surface area contributed by atoms with Gasteiger partial charge in [0.25, 0.3) is 0 Å². The van der Waals surface area contributed by atoms with Crippen molar-refractivity contribution in [1.82, 2.24) is 4.90 Å². The number of hydrogen-bond donors (Lipinski definition) is 0. The first-order valence-corrected chi connectivity index (χ1v) is 11.7. The lowest BCUT2D eigenvalue weighted by molar-refractivity contribution is -0.129. The van der Waals surface area contributed by atoms with Gasteiger partial charge in [0.1, 0.15) is 6.54 Å². The molecule has 1 aromatic rings. The van der Waals surface area contributed by atoms with E-state index in [1.54, 1.807) is 0 Å². The SMILES string of the molecule is CCN(CC)c1ccc(N(CC(=O)N2CCCCCC2)S(C)(=O)=O)c(C)c1. The first kappa shape index (κ1) is 21.5. The zero-order valence-electron chi connectivity index (χ0n) is 17.1. The summed E-state index contributed by atoms with van der Waals surface area (Å²) in [7, 11) is -3.56. The van der Waals surface area contributed by atoms with Gasteiger partial charge in [0.2, 0.25) is 15.9 Å². The Morgan fingerprint density at radius 2 is 1.67 bits per heavy atom. The monoisotopic (exact) mass is 395 g/mol. The van der Waals surface area contributed by atoms with Crippen LogP contribution in [0, 0.1) is 6.92 Å². The van der Waals surface area contributed by atoms with Crippen LogP contribution in [0.2, 0.25) is 0 Å². The molecular weight excluding hydrogens is 362 g/mol. The van der Waals surface area contributed by atoms with E-state index in [9.17, 15) is 13.2 Å². The highest BCUT2D eigenvalue weighted by molar-refractivity contribution is 7.92. The maximum absolute atomic E-state index is 12.8. The molecule has 0 N–H and O–H groups in total. The maximum atomic E-state index is 12.8. The molecule has 1 heterocycles. The predicted octanol–water partition coefficient (Wildman–Crippen LogP) is 3.01. The second kappa shape index (κ2) is 9.44. The third-order valence-electron chi connectivity index (χ3n) is 5.22. The molecule has 0 saturated carbocycles. The number of amides is 1. The van der Waals surface area contributed by atoms with E-state index in [0.717, 1.165) is 63.1 Å². The number of carbonyl (C=O) groups is 1. The highest BCUT2D eigenvalue weighted by atomic mass is 32.2. The molecule has 2 rings (SSSR count). The van der Waals surface area contributed by atoms with Crippen LogP contribution in [0.3, 0.4) is 0 Å². The first-order valence-electron chi connectivity index (χ1n) is 9.89. The van der Waals surface area contributed by atoms with E-state index in [4.69, 9.17) is 0 Å². The maximum Gasteiger partial charge on any atom is 0.243 e. The molecule has 0 atom stereocenters. The van der Waals surface area contributed by atoms with E-state index in [0.29, 0.717) is 5.69 Å². The Morgan fingerprint density at radius 1 is 1.07 bits per heavy atom. The fraction of sp³-hybridized carbons (Fsp3) is 0.650. The van der Waals surface area contributed by atoms with Crippen LogP contribution < -0.4 is 9.21 Å². The zero-order chi connectivity index (χ0) is 20.0. The van der Waals surface area contributed by atoms with E-state index in [1.165, 1.54) is 10.6 Å². The van der Waals surface area contributed by atoms with Crippen LogP contribution in [0.25, 0.3) is 0 Å². The van der Waals surface area contributed by atoms with Crippen molar-refractivity contribution in [3.05, 3.63) is 23.8 Å². The second-order valence-corrected chi connectivity index (χ2v) is 9.11. The largest absolute Gasteiger partial charge is 0.372 e. The van der Waals surface area contributed by atoms with E-state index < -0.39 is 10.0 Å². The zero-order valence-corrected chi connectivity index (χ0v) is 17.9. The molecule has 1 aliphatic rings. The van der Waals surface area contributed by atoms with Crippen molar-refractivity contribution >= 4 is 27.3 Å². The second-order valence-electron chi connectivity index (χ2n) is 7.21. The van der Waals surface area contributed by atoms with Crippen molar-refractivity contribution in [2.24, 2.45) is 0 Å². The number of anilines is 2. The molecule has 0 bridgehead atoms. The lowest BCUT2D eigenvalue weighted by atomic mass is 10.1. The number of hydrogen-bond acceptors (Lipinski definition) is 4. The van der Waals surface area contributed by atoms with Crippen LogP contribution in [0.15, 0.2) is 18.2 Å². The highest BCUT2D eigenvalue weighted by Gasteiger charge is 2.25. The Balaban J connectivity index is 2.27. The molecule has 1 aliphatic heterocycles. The van der Waals surface area contributed by atoms with Gasteiger partial charge in [0, 0.05) is 31.9 Å². The topological polar surface area (TPSA) is 60.9 Å². The van der Waals surface area contributed by atoms with Gasteiger partial charge in [-0.05, 0) is 57.4 Å². The van der Waals surface area contributed by atoms with Gasteiger partial charge in [-0.15, -0.1) is 0 Å². The van der Waals surface area contributed by atoms with Gasteiger partial charge in [-0.25, -0.2) is 8.42 Å². The highest BCUT2D eigenvalue weighted by Crippen LogP contribution is 2.27. The lowest BCUT2D eigenvalue weighted by Crippen LogP contribution is -2.43. The summed E-state index contributed by atoms with van der Waals surface area (Å²) in [6, 6.07) is 5.75. The summed E-state index contributed by atoms with van der Waals surface area (Å²) < 4.78 is 26.1. The molecule has 7 heteroatoms. The number of likely N-dealkylation sites (tertiary alicyclic amines) is 1. The lowest BCUT2D eigenvalue weighted by Gasteiger charge is -2.29. The standard InChI is InChI=1S/C20H33N3O3S/c1-5-21(6-2)18-11-12-19(17(3)15-18)23(27(4,25)26)16-20(24)22-13-9-7-8-10-14-22/h11-12,15H,5-10,13-14,16H2,1-4H3. The van der Waals surface area contributed by atoms with E-state index in [1.807, 2.05) is 30.0 Å². The van der Waals surface area contributed by atoms with Crippen LogP contribution in [0.1, 0.15) is 45.1 Å². The van der Waals surface area contributed by atoms with E-state index in [2.05, 4.69) is 18.7 Å². The third-order valence-corrected chi connectivity index (χ3v) is 6.34. The van der Waals surface area contributed by atoms with Crippen molar-refractivity contribution in [2.75, 3.05) is 48.2 Å². The first-order chi connectivity index (χ1) is 12.8. The molecule has 27 heavy (non-hydrogen) atoms. The summed E-state index contributed by atoms with van der Waals surface area (Å²) in [5, 5.41) is 0. The fourth-order valence-electron chi connectivity index (χ4n) is 3.63. The predicted molar refractivity (Wildman–Crippen MR) is 112 cm³/mol. The Kier molecular flexibility index (Phi) is 7.53. The van der Waals surface area contributed by atoms with Crippen molar-refractivity contribution < 1.29 is 13.2 Å². The Bertz CT molecular complexity index is 737. The summed E-state index contributed by atoms with van der Waals surface area (Å²) in [5.41, 5.74) is 2.50. The third kappa shape index (κ3) is 5.61. The van der Waals surface area contributed by atoms with E-state index in [-0.39, 0.29) is 12.5 Å². The normalized spacial score (nSPS) is 15.3. The number of sulfonamides is 1. The van der Waals surface area contributed by atoms with Gasteiger partial charge >= 0.3 is 0 Å². The minimum Gasteiger partial charge on any atom is -0.372 e. The number of benzene rings is 1. The molecule has 1 saturated heterocycles. The molecule has 0 spiro atoms. The van der Waals surface area contributed by atoms with Crippen molar-refractivity contribution in [3.63, 3.8) is 0 Å². The molecule has 1 amide bonds. The quantitative estimate of drug-likeness (QED) is 0.712. The average molecular weight is 396 g/mol. The van der Waals surface area contributed by atoms with Crippen LogP contribution in [-0.4, -0.2) is 58.2 Å². The molecule has 0 aliphatic carbocycles. The molecule has 6 nitrogen and oxygen atoms in total. The molecule has 1 fully saturated rings. The summed E-state index contributed by atoms with van der Waals surface area (Å²) >= 11 is 0. The molecular formula is C20H33N3O3S. The summed E-state index contributed by atoms with van der Waals surface area (Å²) in [4.78, 5) is 16.8. The number of carbonyl (C=O) groups excluding carboxylic acids is 1. The minimum absolute atomic E-state index is 0.116. The van der Waals surface area contributed by atoms with Gasteiger partial charge in [-0.3, -0.25) is 9.10 Å². The van der Waals surface area contributed by atoms with Gasteiger partial charge < -0.3 is 9.80 Å². The van der Waals surface area contributed by atoms with Crippen LogP contribution in [0.5, 0.6) is 0 Å². The average Bonchev–Trinajstić information content (AvgIpc) is 2.90. The minimum atomic E-state index is -3.56. The summed E-state index contributed by atoms with van der Waals surface area (Å²) in [6.07, 6.45) is 5.40. The number of aryl methyl sites for hydroxylation is 1. The molecule has 152 valence electrons. The van der Waals surface area contributed by atoms with Gasteiger partial charge in [-0.1, -0.05) is 12.8 Å². The van der Waals surface area contributed by atoms with Gasteiger partial charge in [0.15, 0.2) is 0 Å². The smallest absolute Gasteiger partial charge is 0.243 e. The molecule has 1 aromatic carbocycles. The van der Waals surface area contributed by atoms with Crippen molar-refractivity contribution in [2.45, 2.75) is 46.5 Å². The van der Waals surface area contributed by atoms with Gasteiger partial charge in [0.05, 0.1) is 11.9 Å². The number of rotatable bonds is 7. The summed E-state index contributed by atoms with van der Waals surface area (Å²) in [6.45, 7) is 9.16. The molecule has 0 unspecified atom stereocenters. The van der Waals surface area contributed by atoms with Gasteiger partial charge in [-0.2, -0.15) is 0 Å². The van der Waals surface area contributed by atoms with Crippen molar-refractivity contribution in [1.29, 1.82) is 0 Å². The summed E-state index contributed by atoms with van der Waals surface area (Å²) in [5.74, 6) is -0.116. The van der Waals surface area contributed by atoms with Crippen LogP contribution in [0.4, 0.5) is 11.4 Å². The Morgan fingerprint density at radius 3 is 2.15 bits per heavy atom. The van der Waals surface area contributed by atoms with Crippen molar-refractivity contribution in [3.8, 4) is 0 Å². The van der Waals surface area contributed by atoms with Crippen LogP contribution in [-0.2, 0) is 14.8 Å². The molecule has 0 radical (unpaired) electrons. The number of nitrogens with zero attached hydrogens (tertiary/aromatic N) is 3. The van der Waals surface area contributed by atoms with Crippen LogP contribution >= 0.6 is 0 Å². The molecule has 0 aromatic heterocycles. The Hall–Kier alpha value is -1.76. The fourth-order valence-corrected chi connectivity index (χ4v) is 4.54.